The van der Waals surface area contributed by atoms with Crippen LogP contribution in [0.1, 0.15) is 44.1 Å². The van der Waals surface area contributed by atoms with Crippen LogP contribution in [0.5, 0.6) is 5.75 Å². The van der Waals surface area contributed by atoms with Gasteiger partial charge in [0.1, 0.15) is 12.4 Å². The minimum Gasteiger partial charge on any atom is -0.487 e. The predicted molar refractivity (Wildman–Crippen MR) is 76.0 cm³/mol. The first-order chi connectivity index (χ1) is 9.09. The van der Waals surface area contributed by atoms with E-state index in [-0.39, 0.29) is 6.04 Å². The normalized spacial score (nSPS) is 12.7. The number of hydrogen-bond acceptors (Lipinski definition) is 3. The summed E-state index contributed by atoms with van der Waals surface area (Å²) < 4.78 is 8.00. The Bertz CT molecular complexity index is 532. The Morgan fingerprint density at radius 2 is 2.00 bits per heavy atom. The highest BCUT2D eigenvalue weighted by Crippen LogP contribution is 2.24. The Labute approximate surface area is 114 Å². The molecule has 102 valence electrons. The molecule has 0 aliphatic carbocycles. The van der Waals surface area contributed by atoms with E-state index >= 15 is 0 Å². The lowest BCUT2D eigenvalue weighted by Crippen LogP contribution is -2.10. The van der Waals surface area contributed by atoms with Gasteiger partial charge in [-0.15, -0.1) is 0 Å². The molecule has 1 heterocycles. The van der Waals surface area contributed by atoms with E-state index in [0.29, 0.717) is 12.6 Å². The van der Waals surface area contributed by atoms with Gasteiger partial charge in [-0.1, -0.05) is 18.2 Å². The molecule has 2 aromatic rings. The van der Waals surface area contributed by atoms with Crippen molar-refractivity contribution in [1.82, 2.24) is 9.55 Å². The smallest absolute Gasteiger partial charge is 0.130 e. The van der Waals surface area contributed by atoms with Gasteiger partial charge in [-0.2, -0.15) is 0 Å². The third-order valence-electron chi connectivity index (χ3n) is 3.09. The van der Waals surface area contributed by atoms with Crippen molar-refractivity contribution in [3.8, 4) is 5.75 Å². The average molecular weight is 259 g/mol. The second-order valence-electron chi connectivity index (χ2n) is 5.00. The third kappa shape index (κ3) is 3.15. The topological polar surface area (TPSA) is 53.1 Å². The molecular formula is C15H21N3O. The molecule has 0 amide bonds. The highest BCUT2D eigenvalue weighted by molar-refractivity contribution is 5.35. The molecule has 0 aliphatic rings. The summed E-state index contributed by atoms with van der Waals surface area (Å²) in [5.41, 5.74) is 8.03. The Morgan fingerprint density at radius 3 is 2.68 bits per heavy atom. The first kappa shape index (κ1) is 13.6. The van der Waals surface area contributed by atoms with Gasteiger partial charge in [0.2, 0.25) is 0 Å². The van der Waals surface area contributed by atoms with Gasteiger partial charge >= 0.3 is 0 Å². The molecule has 0 saturated heterocycles. The standard InChI is InChI=1S/C15H21N3O/c1-11(2)18-10-17-8-13(18)9-19-15-7-5-4-6-14(15)12(3)16/h4-8,10-12H,9,16H2,1-3H3/t12-/m1/s1. The van der Waals surface area contributed by atoms with Crippen LogP contribution in [0, 0.1) is 0 Å². The van der Waals surface area contributed by atoms with E-state index in [2.05, 4.69) is 23.4 Å². The van der Waals surface area contributed by atoms with Crippen LogP contribution >= 0.6 is 0 Å². The van der Waals surface area contributed by atoms with Crippen LogP contribution in [-0.2, 0) is 6.61 Å². The number of hydrogen-bond donors (Lipinski definition) is 1. The molecule has 0 spiro atoms. The molecule has 0 unspecified atom stereocenters. The van der Waals surface area contributed by atoms with Crippen molar-refractivity contribution in [1.29, 1.82) is 0 Å². The number of rotatable bonds is 5. The number of aromatic nitrogens is 2. The highest BCUT2D eigenvalue weighted by atomic mass is 16.5. The molecule has 0 aliphatic heterocycles. The minimum absolute atomic E-state index is 0.0359. The van der Waals surface area contributed by atoms with Gasteiger partial charge in [0.25, 0.3) is 0 Å². The van der Waals surface area contributed by atoms with Gasteiger partial charge in [-0.25, -0.2) is 4.98 Å². The molecule has 19 heavy (non-hydrogen) atoms. The van der Waals surface area contributed by atoms with Gasteiger partial charge in [-0.3, -0.25) is 0 Å². The summed E-state index contributed by atoms with van der Waals surface area (Å²) in [5, 5.41) is 0. The molecule has 0 fully saturated rings. The molecule has 1 atom stereocenters. The van der Waals surface area contributed by atoms with E-state index in [1.807, 2.05) is 43.7 Å². The Hall–Kier alpha value is -1.81. The van der Waals surface area contributed by atoms with Crippen molar-refractivity contribution >= 4 is 0 Å². The summed E-state index contributed by atoms with van der Waals surface area (Å²) >= 11 is 0. The zero-order valence-corrected chi connectivity index (χ0v) is 11.7. The van der Waals surface area contributed by atoms with E-state index in [1.54, 1.807) is 0 Å². The fourth-order valence-electron chi connectivity index (χ4n) is 2.05. The lowest BCUT2D eigenvalue weighted by Gasteiger charge is -2.15. The van der Waals surface area contributed by atoms with Crippen LogP contribution in [0.15, 0.2) is 36.8 Å². The maximum atomic E-state index is 5.94. The van der Waals surface area contributed by atoms with Crippen LogP contribution in [-0.4, -0.2) is 9.55 Å². The van der Waals surface area contributed by atoms with Crippen molar-refractivity contribution < 1.29 is 4.74 Å². The molecule has 4 nitrogen and oxygen atoms in total. The summed E-state index contributed by atoms with van der Waals surface area (Å²) in [6.45, 7) is 6.71. The van der Waals surface area contributed by atoms with E-state index in [9.17, 15) is 0 Å². The number of nitrogens with zero attached hydrogens (tertiary/aromatic N) is 2. The molecule has 1 aromatic heterocycles. The van der Waals surface area contributed by atoms with Crippen molar-refractivity contribution in [2.24, 2.45) is 5.73 Å². The van der Waals surface area contributed by atoms with Crippen LogP contribution in [0.4, 0.5) is 0 Å². The SMILES string of the molecule is CC(C)n1cncc1COc1ccccc1[C@@H](C)N. The molecule has 0 saturated carbocycles. The Balaban J connectivity index is 2.13. The van der Waals surface area contributed by atoms with Gasteiger partial charge in [0, 0.05) is 17.6 Å². The van der Waals surface area contributed by atoms with Crippen LogP contribution in [0.25, 0.3) is 0 Å². The first-order valence-electron chi connectivity index (χ1n) is 6.57. The Morgan fingerprint density at radius 1 is 1.26 bits per heavy atom. The fourth-order valence-corrected chi connectivity index (χ4v) is 2.05. The van der Waals surface area contributed by atoms with Crippen LogP contribution in [0.3, 0.4) is 0 Å². The van der Waals surface area contributed by atoms with Gasteiger partial charge in [0.15, 0.2) is 0 Å². The van der Waals surface area contributed by atoms with E-state index in [4.69, 9.17) is 10.5 Å². The lowest BCUT2D eigenvalue weighted by molar-refractivity contribution is 0.288. The van der Waals surface area contributed by atoms with E-state index < -0.39 is 0 Å². The van der Waals surface area contributed by atoms with Gasteiger partial charge in [-0.05, 0) is 26.8 Å². The number of benzene rings is 1. The van der Waals surface area contributed by atoms with Crippen molar-refractivity contribution in [3.63, 3.8) is 0 Å². The average Bonchev–Trinajstić information content (AvgIpc) is 2.85. The highest BCUT2D eigenvalue weighted by Gasteiger charge is 2.10. The quantitative estimate of drug-likeness (QED) is 0.897. The van der Waals surface area contributed by atoms with Gasteiger partial charge < -0.3 is 15.0 Å². The second-order valence-corrected chi connectivity index (χ2v) is 5.00. The molecule has 0 bridgehead atoms. The zero-order chi connectivity index (χ0) is 13.8. The van der Waals surface area contributed by atoms with Crippen LogP contribution < -0.4 is 10.5 Å². The van der Waals surface area contributed by atoms with Gasteiger partial charge in [0.05, 0.1) is 18.2 Å². The first-order valence-corrected chi connectivity index (χ1v) is 6.57. The summed E-state index contributed by atoms with van der Waals surface area (Å²) in [7, 11) is 0. The number of nitrogens with two attached hydrogens (primary N) is 1. The molecule has 2 rings (SSSR count). The summed E-state index contributed by atoms with van der Waals surface area (Å²) in [6.07, 6.45) is 3.68. The fraction of sp³-hybridized carbons (Fsp3) is 0.400. The Kier molecular flexibility index (Phi) is 4.22. The summed E-state index contributed by atoms with van der Waals surface area (Å²) in [4.78, 5) is 4.17. The largest absolute Gasteiger partial charge is 0.487 e. The van der Waals surface area contributed by atoms with Crippen molar-refractivity contribution in [3.05, 3.63) is 48.0 Å². The van der Waals surface area contributed by atoms with E-state index in [0.717, 1.165) is 17.0 Å². The molecule has 1 aromatic carbocycles. The minimum atomic E-state index is -0.0359. The van der Waals surface area contributed by atoms with Crippen molar-refractivity contribution in [2.45, 2.75) is 39.5 Å². The maximum absolute atomic E-state index is 5.94. The number of imidazole rings is 1. The lowest BCUT2D eigenvalue weighted by atomic mass is 10.1. The maximum Gasteiger partial charge on any atom is 0.130 e. The molecule has 0 radical (unpaired) electrons. The zero-order valence-electron chi connectivity index (χ0n) is 11.7. The van der Waals surface area contributed by atoms with Crippen molar-refractivity contribution in [2.75, 3.05) is 0 Å². The third-order valence-corrected chi connectivity index (χ3v) is 3.09. The second kappa shape index (κ2) is 5.89. The number of para-hydroxylation sites is 1. The van der Waals surface area contributed by atoms with Crippen LogP contribution in [0.2, 0.25) is 0 Å². The predicted octanol–water partition coefficient (Wildman–Crippen LogP) is 3.06. The summed E-state index contributed by atoms with van der Waals surface area (Å²) in [5.74, 6) is 0.842. The monoisotopic (exact) mass is 259 g/mol. The number of ether oxygens (including phenoxy) is 1. The molecule has 2 N–H and O–H groups in total. The van der Waals surface area contributed by atoms with E-state index in [1.165, 1.54) is 0 Å². The molecule has 4 heteroatoms. The summed E-state index contributed by atoms with van der Waals surface area (Å²) in [6, 6.07) is 8.23. The molecular weight excluding hydrogens is 238 g/mol.